The summed E-state index contributed by atoms with van der Waals surface area (Å²) in [7, 11) is -8.05. The van der Waals surface area contributed by atoms with Crippen LogP contribution in [-0.2, 0) is 43.7 Å². The number of hydrogen-bond acceptors (Lipinski definition) is 19. The van der Waals surface area contributed by atoms with Crippen molar-refractivity contribution >= 4 is 123 Å². The Morgan fingerprint density at radius 2 is 0.939 bits per heavy atom. The number of aromatic nitrogens is 2. The van der Waals surface area contributed by atoms with Crippen LogP contribution in [0, 0.1) is 0 Å². The third kappa shape index (κ3) is 27.9. The monoisotopic (exact) mass is 1480 g/mol. The highest BCUT2D eigenvalue weighted by molar-refractivity contribution is 7.90. The summed E-state index contributed by atoms with van der Waals surface area (Å²) in [6.45, 7) is 24.5. The van der Waals surface area contributed by atoms with Crippen molar-refractivity contribution in [1.29, 1.82) is 0 Å². The third-order valence-electron chi connectivity index (χ3n) is 12.9. The Morgan fingerprint density at radius 1 is 0.551 bits per heavy atom. The Bertz CT molecular complexity index is 3770. The van der Waals surface area contributed by atoms with Crippen LogP contribution in [0.15, 0.2) is 107 Å². The molecule has 30 heteroatoms. The predicted octanol–water partition coefficient (Wildman–Crippen LogP) is 16.7. The number of sulfonamides is 2. The second kappa shape index (κ2) is 39.1. The van der Waals surface area contributed by atoms with Gasteiger partial charge in [-0.2, -0.15) is 27.0 Å². The summed E-state index contributed by atoms with van der Waals surface area (Å²) in [5, 5.41) is 15.2. The molecule has 6 aromatic rings. The molecular formula is C68H106N10O14S6. The van der Waals surface area contributed by atoms with Gasteiger partial charge in [0.15, 0.2) is 0 Å². The van der Waals surface area contributed by atoms with Gasteiger partial charge in [0.2, 0.25) is 20.0 Å². The van der Waals surface area contributed by atoms with Gasteiger partial charge < -0.3 is 33.9 Å². The minimum absolute atomic E-state index is 0. The molecule has 2 aliphatic heterocycles. The summed E-state index contributed by atoms with van der Waals surface area (Å²) in [6, 6.07) is 23.2. The van der Waals surface area contributed by atoms with Crippen molar-refractivity contribution < 1.29 is 64.5 Å². The molecule has 7 N–H and O–H groups in total. The van der Waals surface area contributed by atoms with E-state index in [1.54, 1.807) is 168 Å². The highest BCUT2D eigenvalue weighted by Gasteiger charge is 2.34. The lowest BCUT2D eigenvalue weighted by molar-refractivity contribution is 0.0165. The average molecular weight is 1480 g/mol. The Balaban J connectivity index is 0.00000181. The largest absolute Gasteiger partial charge is 0.448 e. The van der Waals surface area contributed by atoms with E-state index in [0.29, 0.717) is 60.9 Å². The van der Waals surface area contributed by atoms with Gasteiger partial charge in [0, 0.05) is 81.1 Å². The van der Waals surface area contributed by atoms with E-state index < -0.39 is 67.2 Å². The number of rotatable bonds is 18. The third-order valence-corrected chi connectivity index (χ3v) is 18.6. The number of carbonyl (C=O) groups is 5. The van der Waals surface area contributed by atoms with Crippen LogP contribution in [0.2, 0.25) is 0 Å². The lowest BCUT2D eigenvalue weighted by atomic mass is 10.1. The molecule has 0 saturated carbocycles. The summed E-state index contributed by atoms with van der Waals surface area (Å²) in [6.07, 6.45) is 3.13. The minimum atomic E-state index is -4.07. The smallest absolute Gasteiger partial charge is 0.411 e. The maximum Gasteiger partial charge on any atom is 0.411 e. The van der Waals surface area contributed by atoms with Gasteiger partial charge in [0.25, 0.3) is 0 Å². The minimum Gasteiger partial charge on any atom is -0.448 e. The number of amides is 5. The van der Waals surface area contributed by atoms with E-state index in [9.17, 15) is 40.8 Å². The van der Waals surface area contributed by atoms with Crippen molar-refractivity contribution in [3.63, 3.8) is 0 Å². The van der Waals surface area contributed by atoms with Gasteiger partial charge in [-0.05, 0) is 195 Å². The van der Waals surface area contributed by atoms with Crippen LogP contribution in [0.3, 0.4) is 0 Å². The normalized spacial score (nSPS) is 14.2. The average Bonchev–Trinajstić information content (AvgIpc) is 1.35. The summed E-state index contributed by atoms with van der Waals surface area (Å²) < 4.78 is 86.3. The van der Waals surface area contributed by atoms with E-state index in [-0.39, 0.29) is 117 Å². The van der Waals surface area contributed by atoms with Gasteiger partial charge in [0.05, 0.1) is 37.8 Å². The number of nitrogens with one attached hydrogen (secondary N) is 7. The van der Waals surface area contributed by atoms with Crippen molar-refractivity contribution in [3.8, 4) is 42.0 Å². The molecule has 0 spiro atoms. The zero-order valence-corrected chi connectivity index (χ0v) is 59.7. The molecule has 0 radical (unpaired) electrons. The summed E-state index contributed by atoms with van der Waals surface area (Å²) in [4.78, 5) is 73.5. The molecule has 98 heavy (non-hydrogen) atoms. The highest BCUT2D eigenvalue weighted by Crippen LogP contribution is 2.40. The summed E-state index contributed by atoms with van der Waals surface area (Å²) in [5.74, 6) is 0. The molecular weight excluding hydrogens is 1370 g/mol. The van der Waals surface area contributed by atoms with Gasteiger partial charge in [-0.25, -0.2) is 60.2 Å². The van der Waals surface area contributed by atoms with Crippen LogP contribution in [0.25, 0.3) is 42.0 Å². The summed E-state index contributed by atoms with van der Waals surface area (Å²) >= 11 is 2.62. The van der Waals surface area contributed by atoms with Gasteiger partial charge >= 0.3 is 30.5 Å². The lowest BCUT2D eigenvalue weighted by Gasteiger charge is -2.28. The zero-order valence-electron chi connectivity index (χ0n) is 54.4. The van der Waals surface area contributed by atoms with Gasteiger partial charge in [-0.3, -0.25) is 21.3 Å². The fraction of sp³-hybridized carbons (Fsp3) is 0.485. The van der Waals surface area contributed by atoms with Crippen LogP contribution < -0.4 is 36.0 Å². The van der Waals surface area contributed by atoms with Crippen molar-refractivity contribution in [3.05, 3.63) is 97.3 Å². The van der Waals surface area contributed by atoms with Crippen molar-refractivity contribution in [2.45, 2.75) is 204 Å². The van der Waals surface area contributed by atoms with Crippen molar-refractivity contribution in [1.82, 2.24) is 29.6 Å². The maximum absolute atomic E-state index is 13.7. The number of likely N-dealkylation sites (tertiary alicyclic amines) is 1. The Labute approximate surface area is 603 Å². The summed E-state index contributed by atoms with van der Waals surface area (Å²) in [5.41, 5.74) is 1.87. The van der Waals surface area contributed by atoms with Crippen LogP contribution in [0.1, 0.15) is 153 Å². The molecule has 2 aromatic heterocycles. The zero-order chi connectivity index (χ0) is 66.6. The Morgan fingerprint density at radius 3 is 1.31 bits per heavy atom. The van der Waals surface area contributed by atoms with E-state index in [1.165, 1.54) is 34.8 Å². The molecule has 8 rings (SSSR count). The number of thiazole rings is 2. The lowest BCUT2D eigenvalue weighted by Crippen LogP contribution is -2.42. The molecule has 24 nitrogen and oxygen atoms in total. The molecule has 5 amide bonds. The number of ether oxygens (including phenoxy) is 5. The number of hydrogen-bond donors (Lipinski definition) is 7. The van der Waals surface area contributed by atoms with Gasteiger partial charge in [-0.1, -0.05) is 49.3 Å². The van der Waals surface area contributed by atoms with E-state index in [0.717, 1.165) is 36.9 Å². The topological polar surface area (TPSA) is 313 Å². The SMILES string of the molecule is C.C.C.C.C.CC(C)OC(=O)Nc1ccc(-c2ncc(-c3ccc(NC(=O)OC[C@@H]4CCCN4)cc3S(=O)(=O)NC(C)(C)C)s2)cc1.CC(C)OC(=O)Nc1ccc(-c2ncc(-c3ccc(NC(=O)OC[C@@H]4CCCN4C(=O)OC(C)(C)C)cc3S(=O)(=O)NC(C)(C)C)s2)cc1.S.S. The van der Waals surface area contributed by atoms with E-state index in [2.05, 4.69) is 46.0 Å². The van der Waals surface area contributed by atoms with Crippen LogP contribution in [0.4, 0.5) is 46.7 Å². The molecule has 4 aromatic carbocycles. The molecule has 0 unspecified atom stereocenters. The molecule has 2 atom stereocenters. The second-order valence-electron chi connectivity index (χ2n) is 25.2. The number of nitrogens with zero attached hydrogens (tertiary/aromatic N) is 3. The molecule has 2 saturated heterocycles. The van der Waals surface area contributed by atoms with E-state index >= 15 is 0 Å². The Hall–Kier alpha value is -7.03. The predicted molar refractivity (Wildman–Crippen MR) is 408 cm³/mol. The standard InChI is InChI=1S/C34H45N5O8S2.C29H37N5O6S2.5CH4.2H2S/c1-21(2)46-31(41)36-23-13-11-22(12-14-23)29-35-19-27(48-29)26-16-15-24(18-28(26)49(43,44)38-33(3,4)5)37-30(40)45-20-25-10-9-17-39(25)32(42)47-34(6,7)8;1-18(2)40-28(36)32-20-10-8-19(9-11-20)26-31-16-24(41-26)23-13-12-21(15-25(23)42(37,38)34-29(3,4)5)33-27(35)39-17-22-7-6-14-30-22;;;;;;;/h11-16,18-19,21,25,38H,9-10,17,20H2,1-8H3,(H,36,41)(H,37,40);8-13,15-16,18,22,30,34H,6-7,14,17H2,1-5H3,(H,32,36)(H,33,35);5*1H4;2*1H2/t25-;22-;;;;;;;/m00......./s1. The van der Waals surface area contributed by atoms with E-state index in [1.807, 2.05) is 12.1 Å². The first kappa shape index (κ1) is 91.0. The van der Waals surface area contributed by atoms with Crippen LogP contribution in [0.5, 0.6) is 0 Å². The van der Waals surface area contributed by atoms with E-state index in [4.69, 9.17) is 23.7 Å². The Kier molecular flexibility index (Phi) is 36.3. The van der Waals surface area contributed by atoms with Crippen LogP contribution in [-0.4, -0.2) is 129 Å². The first-order valence-electron chi connectivity index (χ1n) is 29.6. The van der Waals surface area contributed by atoms with Crippen molar-refractivity contribution in [2.75, 3.05) is 47.6 Å². The first-order valence-corrected chi connectivity index (χ1v) is 34.2. The maximum atomic E-state index is 13.7. The molecule has 4 heterocycles. The first-order chi connectivity index (χ1) is 42.6. The quantitative estimate of drug-likeness (QED) is 0.0393. The van der Waals surface area contributed by atoms with Crippen LogP contribution >= 0.6 is 49.7 Å². The van der Waals surface area contributed by atoms with Crippen molar-refractivity contribution in [2.24, 2.45) is 0 Å². The molecule has 2 aliphatic rings. The molecule has 0 aliphatic carbocycles. The molecule has 0 bridgehead atoms. The molecule has 2 fully saturated rings. The number of benzene rings is 4. The number of anilines is 4. The highest BCUT2D eigenvalue weighted by atomic mass is 32.2. The number of carbonyl (C=O) groups excluding carboxylic acids is 5. The fourth-order valence-corrected chi connectivity index (χ4v) is 14.7. The molecule has 548 valence electrons. The fourth-order valence-electron chi connectivity index (χ4n) is 9.27. The second-order valence-corrected chi connectivity index (χ2v) is 30.6. The van der Waals surface area contributed by atoms with Gasteiger partial charge in [-0.15, -0.1) is 22.7 Å². The van der Waals surface area contributed by atoms with Gasteiger partial charge in [0.1, 0.15) is 28.8 Å².